The molecule has 8 nitrogen and oxygen atoms in total. The summed E-state index contributed by atoms with van der Waals surface area (Å²) in [6, 6.07) is 22.1. The fraction of sp³-hybridized carbons (Fsp3) is 0.312. The van der Waals surface area contributed by atoms with Crippen molar-refractivity contribution in [2.75, 3.05) is 32.8 Å². The number of aryl methyl sites for hydroxylation is 1. The second-order valence-corrected chi connectivity index (χ2v) is 10.4. The molecule has 1 saturated heterocycles. The summed E-state index contributed by atoms with van der Waals surface area (Å²) in [5.74, 6) is 0.762. The van der Waals surface area contributed by atoms with Crippen LogP contribution in [-0.2, 0) is 19.4 Å². The van der Waals surface area contributed by atoms with Crippen LogP contribution < -0.4 is 10.3 Å². The molecule has 0 atom stereocenters. The number of rotatable bonds is 10. The topological polar surface area (TPSA) is 84.7 Å². The predicted octanol–water partition coefficient (Wildman–Crippen LogP) is 3.95. The number of para-hydroxylation sites is 1. The Morgan fingerprint density at radius 3 is 2.25 bits per heavy atom. The molecule has 3 aromatic carbocycles. The average Bonchev–Trinajstić information content (AvgIpc) is 3.58. The van der Waals surface area contributed by atoms with Gasteiger partial charge in [-0.25, -0.2) is 4.98 Å². The number of carbonyl (C=O) groups is 2. The molecule has 2 aliphatic heterocycles. The van der Waals surface area contributed by atoms with Gasteiger partial charge in [0.15, 0.2) is 0 Å². The molecule has 40 heavy (non-hydrogen) atoms. The van der Waals surface area contributed by atoms with Crippen LogP contribution in [0.4, 0.5) is 0 Å². The maximum absolute atomic E-state index is 13.6. The monoisotopic (exact) mass is 536 g/mol. The van der Waals surface area contributed by atoms with Crippen LogP contribution in [0.2, 0.25) is 0 Å². The van der Waals surface area contributed by atoms with Gasteiger partial charge in [-0.1, -0.05) is 36.4 Å². The van der Waals surface area contributed by atoms with Crippen LogP contribution >= 0.6 is 0 Å². The van der Waals surface area contributed by atoms with Gasteiger partial charge in [0.2, 0.25) is 0 Å². The fourth-order valence-electron chi connectivity index (χ4n) is 5.62. The summed E-state index contributed by atoms with van der Waals surface area (Å²) >= 11 is 0. The van der Waals surface area contributed by atoms with E-state index in [1.165, 1.54) is 17.7 Å². The molecule has 2 amide bonds. The van der Waals surface area contributed by atoms with Gasteiger partial charge in [-0.15, -0.1) is 0 Å². The summed E-state index contributed by atoms with van der Waals surface area (Å²) in [7, 11) is 0. The second kappa shape index (κ2) is 11.4. The third-order valence-corrected chi connectivity index (χ3v) is 7.78. The van der Waals surface area contributed by atoms with Crippen molar-refractivity contribution in [1.29, 1.82) is 0 Å². The molecule has 1 fully saturated rings. The third kappa shape index (κ3) is 5.27. The van der Waals surface area contributed by atoms with Gasteiger partial charge in [0.05, 0.1) is 22.0 Å². The Bertz CT molecular complexity index is 1590. The normalized spacial score (nSPS) is 15.2. The summed E-state index contributed by atoms with van der Waals surface area (Å²) in [4.78, 5) is 47.8. The van der Waals surface area contributed by atoms with Crippen molar-refractivity contribution in [3.8, 4) is 5.75 Å². The van der Waals surface area contributed by atoms with Gasteiger partial charge >= 0.3 is 0 Å². The number of nitrogens with zero attached hydrogens (tertiary/aromatic N) is 4. The van der Waals surface area contributed by atoms with E-state index < -0.39 is 0 Å². The maximum atomic E-state index is 13.6. The molecule has 0 aliphatic carbocycles. The number of likely N-dealkylation sites (tertiary alicyclic amines) is 1. The molecular formula is C32H32N4O4. The molecule has 0 N–H and O–H groups in total. The Morgan fingerprint density at radius 2 is 1.48 bits per heavy atom. The second-order valence-electron chi connectivity index (χ2n) is 10.4. The molecule has 0 radical (unpaired) electrons. The van der Waals surface area contributed by atoms with Crippen molar-refractivity contribution in [1.82, 2.24) is 19.4 Å². The SMILES string of the molecule is O=C1c2ccccc2C(=O)N1CCc1nc2ccccc2c(=O)n1CCc1cccc(OCCN2CCCC2)c1. The molecule has 4 aromatic rings. The van der Waals surface area contributed by atoms with E-state index in [9.17, 15) is 14.4 Å². The number of imide groups is 1. The summed E-state index contributed by atoms with van der Waals surface area (Å²) in [5, 5.41) is 0.547. The number of amides is 2. The van der Waals surface area contributed by atoms with Crippen LogP contribution in [-0.4, -0.2) is 64.0 Å². The zero-order valence-electron chi connectivity index (χ0n) is 22.4. The first-order valence-corrected chi connectivity index (χ1v) is 14.0. The fourth-order valence-corrected chi connectivity index (χ4v) is 5.62. The smallest absolute Gasteiger partial charge is 0.261 e. The summed E-state index contributed by atoms with van der Waals surface area (Å²) < 4.78 is 7.70. The van der Waals surface area contributed by atoms with Crippen LogP contribution in [0.25, 0.3) is 10.9 Å². The lowest BCUT2D eigenvalue weighted by molar-refractivity contribution is 0.0655. The average molecular weight is 537 g/mol. The lowest BCUT2D eigenvalue weighted by Gasteiger charge is -2.17. The van der Waals surface area contributed by atoms with E-state index >= 15 is 0 Å². The molecule has 2 aliphatic rings. The van der Waals surface area contributed by atoms with Gasteiger partial charge < -0.3 is 4.74 Å². The molecule has 8 heteroatoms. The van der Waals surface area contributed by atoms with Gasteiger partial charge in [-0.3, -0.25) is 28.8 Å². The summed E-state index contributed by atoms with van der Waals surface area (Å²) in [5.41, 5.74) is 2.37. The molecule has 204 valence electrons. The Labute approximate surface area is 232 Å². The number of carbonyl (C=O) groups excluding carboxylic acids is 2. The van der Waals surface area contributed by atoms with Gasteiger partial charge in [0.1, 0.15) is 18.2 Å². The van der Waals surface area contributed by atoms with E-state index in [0.29, 0.717) is 47.4 Å². The number of hydrogen-bond acceptors (Lipinski definition) is 6. The minimum atomic E-state index is -0.308. The van der Waals surface area contributed by atoms with Crippen LogP contribution in [0.15, 0.2) is 77.6 Å². The zero-order chi connectivity index (χ0) is 27.5. The van der Waals surface area contributed by atoms with E-state index in [1.54, 1.807) is 34.9 Å². The minimum absolute atomic E-state index is 0.124. The highest BCUT2D eigenvalue weighted by atomic mass is 16.5. The van der Waals surface area contributed by atoms with E-state index in [4.69, 9.17) is 9.72 Å². The standard InChI is InChI=1S/C32H32N4O4/c37-30-25-10-1-2-11-26(25)31(38)36(30)19-15-29-33-28-13-4-3-12-27(28)32(39)35(29)18-14-23-8-7-9-24(22-23)40-21-20-34-16-5-6-17-34/h1-4,7-13,22H,5-6,14-21H2. The maximum Gasteiger partial charge on any atom is 0.261 e. The lowest BCUT2D eigenvalue weighted by atomic mass is 10.1. The van der Waals surface area contributed by atoms with Crippen molar-refractivity contribution >= 4 is 22.7 Å². The van der Waals surface area contributed by atoms with Crippen LogP contribution in [0.1, 0.15) is 44.9 Å². The largest absolute Gasteiger partial charge is 0.492 e. The zero-order valence-corrected chi connectivity index (χ0v) is 22.4. The Morgan fingerprint density at radius 1 is 0.750 bits per heavy atom. The van der Waals surface area contributed by atoms with Gasteiger partial charge in [0.25, 0.3) is 17.4 Å². The van der Waals surface area contributed by atoms with Gasteiger partial charge in [-0.05, 0) is 74.3 Å². The van der Waals surface area contributed by atoms with Crippen molar-refractivity contribution in [2.24, 2.45) is 0 Å². The summed E-state index contributed by atoms with van der Waals surface area (Å²) in [6.45, 7) is 4.45. The van der Waals surface area contributed by atoms with Crippen molar-refractivity contribution in [2.45, 2.75) is 32.2 Å². The number of ether oxygens (including phenoxy) is 1. The molecule has 1 aromatic heterocycles. The van der Waals surface area contributed by atoms with Crippen LogP contribution in [0, 0.1) is 0 Å². The Hall–Kier alpha value is -4.30. The van der Waals surface area contributed by atoms with E-state index in [2.05, 4.69) is 4.90 Å². The van der Waals surface area contributed by atoms with Gasteiger partial charge in [-0.2, -0.15) is 0 Å². The highest BCUT2D eigenvalue weighted by Gasteiger charge is 2.34. The highest BCUT2D eigenvalue weighted by Crippen LogP contribution is 2.23. The molecule has 6 rings (SSSR count). The Balaban J connectivity index is 1.19. The quantitative estimate of drug-likeness (QED) is 0.286. The summed E-state index contributed by atoms with van der Waals surface area (Å²) in [6.07, 6.45) is 3.42. The van der Waals surface area contributed by atoms with E-state index in [0.717, 1.165) is 30.9 Å². The molecule has 0 bridgehead atoms. The first-order chi connectivity index (χ1) is 19.6. The molecule has 0 saturated carbocycles. The van der Waals surface area contributed by atoms with Crippen molar-refractivity contribution < 1.29 is 14.3 Å². The number of benzene rings is 3. The minimum Gasteiger partial charge on any atom is -0.492 e. The highest BCUT2D eigenvalue weighted by molar-refractivity contribution is 6.21. The van der Waals surface area contributed by atoms with Crippen LogP contribution in [0.3, 0.4) is 0 Å². The first-order valence-electron chi connectivity index (χ1n) is 14.0. The Kier molecular flexibility index (Phi) is 7.42. The number of hydrogen-bond donors (Lipinski definition) is 0. The van der Waals surface area contributed by atoms with Gasteiger partial charge in [0, 0.05) is 26.1 Å². The predicted molar refractivity (Wildman–Crippen MR) is 153 cm³/mol. The van der Waals surface area contributed by atoms with Crippen molar-refractivity contribution in [3.05, 3.63) is 106 Å². The lowest BCUT2D eigenvalue weighted by Crippen LogP contribution is -2.34. The van der Waals surface area contributed by atoms with Crippen LogP contribution in [0.5, 0.6) is 5.75 Å². The molecule has 0 unspecified atom stereocenters. The van der Waals surface area contributed by atoms with E-state index in [-0.39, 0.29) is 30.3 Å². The number of fused-ring (bicyclic) bond motifs is 2. The molecule has 3 heterocycles. The third-order valence-electron chi connectivity index (χ3n) is 7.78. The molecule has 0 spiro atoms. The first kappa shape index (κ1) is 26.0. The molecular weight excluding hydrogens is 504 g/mol. The van der Waals surface area contributed by atoms with Crippen molar-refractivity contribution in [3.63, 3.8) is 0 Å². The number of aromatic nitrogens is 2. The van der Waals surface area contributed by atoms with E-state index in [1.807, 2.05) is 42.5 Å².